The van der Waals surface area contributed by atoms with Crippen LogP contribution in [-0.4, -0.2) is 0 Å². The molecule has 5 aliphatic carbocycles. The van der Waals surface area contributed by atoms with Gasteiger partial charge in [0.1, 0.15) is 0 Å². The molecule has 6 atom stereocenters. The van der Waals surface area contributed by atoms with Gasteiger partial charge in [0.25, 0.3) is 0 Å². The van der Waals surface area contributed by atoms with Crippen molar-refractivity contribution in [2.45, 2.75) is 65.2 Å². The average molecular weight is 232 g/mol. The van der Waals surface area contributed by atoms with Crippen molar-refractivity contribution in [1.29, 1.82) is 0 Å². The molecule has 0 aliphatic heterocycles. The van der Waals surface area contributed by atoms with E-state index >= 15 is 0 Å². The Balaban J connectivity index is 1.43. The summed E-state index contributed by atoms with van der Waals surface area (Å²) in [6.45, 7) is 5.11. The van der Waals surface area contributed by atoms with E-state index in [4.69, 9.17) is 0 Å². The molecule has 0 aromatic heterocycles. The molecule has 0 N–H and O–H groups in total. The van der Waals surface area contributed by atoms with Crippen LogP contribution in [-0.2, 0) is 0 Å². The second kappa shape index (κ2) is 3.52. The van der Waals surface area contributed by atoms with Crippen molar-refractivity contribution >= 4 is 0 Å². The summed E-state index contributed by atoms with van der Waals surface area (Å²) in [7, 11) is 0. The molecule has 0 aromatic carbocycles. The van der Waals surface area contributed by atoms with Gasteiger partial charge in [-0.15, -0.1) is 0 Å². The van der Waals surface area contributed by atoms with E-state index in [0.717, 1.165) is 35.5 Å². The first-order valence-electron chi connectivity index (χ1n) is 8.14. The Bertz CT molecular complexity index is 314. The minimum Gasteiger partial charge on any atom is -0.0594 e. The fraction of sp³-hybridized carbons (Fsp3) is 1.00. The Morgan fingerprint density at radius 1 is 0.882 bits per heavy atom. The van der Waals surface area contributed by atoms with Crippen LogP contribution in [0.3, 0.4) is 0 Å². The number of fused-ring (bicyclic) bond motifs is 4. The maximum atomic E-state index is 2.55. The first-order valence-corrected chi connectivity index (χ1v) is 8.14. The molecular weight excluding hydrogens is 204 g/mol. The van der Waals surface area contributed by atoms with Gasteiger partial charge in [0.15, 0.2) is 0 Å². The minimum absolute atomic E-state index is 0.709. The van der Waals surface area contributed by atoms with Crippen LogP contribution in [0, 0.1) is 40.9 Å². The van der Waals surface area contributed by atoms with Crippen molar-refractivity contribution in [1.82, 2.24) is 0 Å². The summed E-state index contributed by atoms with van der Waals surface area (Å²) >= 11 is 0. The van der Waals surface area contributed by atoms with Crippen LogP contribution in [0.1, 0.15) is 65.2 Å². The SMILES string of the molecule is CC1(C)C2CCC(CC3CC4CCC3C4)C1C2. The summed E-state index contributed by atoms with van der Waals surface area (Å²) in [6.07, 6.45) is 12.7. The first-order chi connectivity index (χ1) is 8.14. The summed E-state index contributed by atoms with van der Waals surface area (Å²) in [6, 6.07) is 0. The zero-order chi connectivity index (χ0) is 11.6. The molecule has 4 bridgehead atoms. The molecule has 0 nitrogen and oxygen atoms in total. The Kier molecular flexibility index (Phi) is 2.25. The van der Waals surface area contributed by atoms with E-state index in [0.29, 0.717) is 5.41 Å². The van der Waals surface area contributed by atoms with E-state index in [9.17, 15) is 0 Å². The van der Waals surface area contributed by atoms with Gasteiger partial charge in [0.2, 0.25) is 0 Å². The van der Waals surface area contributed by atoms with Crippen molar-refractivity contribution < 1.29 is 0 Å². The lowest BCUT2D eigenvalue weighted by atomic mass is 9.45. The normalized spacial score (nSPS) is 54.7. The second-order valence-corrected chi connectivity index (χ2v) is 8.37. The highest BCUT2D eigenvalue weighted by Crippen LogP contribution is 2.63. The lowest BCUT2D eigenvalue weighted by molar-refractivity contribution is -0.111. The molecule has 17 heavy (non-hydrogen) atoms. The molecule has 6 unspecified atom stereocenters. The summed E-state index contributed by atoms with van der Waals surface area (Å²) < 4.78 is 0. The minimum atomic E-state index is 0.709. The average Bonchev–Trinajstić information content (AvgIpc) is 2.91. The zero-order valence-corrected chi connectivity index (χ0v) is 11.6. The van der Waals surface area contributed by atoms with Gasteiger partial charge in [0, 0.05) is 0 Å². The van der Waals surface area contributed by atoms with Gasteiger partial charge < -0.3 is 0 Å². The van der Waals surface area contributed by atoms with Crippen molar-refractivity contribution in [2.75, 3.05) is 0 Å². The Morgan fingerprint density at radius 3 is 2.35 bits per heavy atom. The van der Waals surface area contributed by atoms with Crippen LogP contribution in [0.25, 0.3) is 0 Å². The summed E-state index contributed by atoms with van der Waals surface area (Å²) in [5, 5.41) is 0. The number of hydrogen-bond acceptors (Lipinski definition) is 0. The van der Waals surface area contributed by atoms with Gasteiger partial charge in [-0.3, -0.25) is 0 Å². The predicted molar refractivity (Wildman–Crippen MR) is 71.7 cm³/mol. The highest BCUT2D eigenvalue weighted by atomic mass is 14.6. The number of rotatable bonds is 2. The zero-order valence-electron chi connectivity index (χ0n) is 11.6. The van der Waals surface area contributed by atoms with E-state index in [1.54, 1.807) is 51.4 Å². The Morgan fingerprint density at radius 2 is 1.76 bits per heavy atom. The third-order valence-corrected chi connectivity index (χ3v) is 7.49. The van der Waals surface area contributed by atoms with Gasteiger partial charge in [-0.25, -0.2) is 0 Å². The highest BCUT2D eigenvalue weighted by Gasteiger charge is 2.54. The van der Waals surface area contributed by atoms with Gasteiger partial charge in [0.05, 0.1) is 0 Å². The van der Waals surface area contributed by atoms with Crippen LogP contribution >= 0.6 is 0 Å². The molecule has 0 spiro atoms. The van der Waals surface area contributed by atoms with Crippen molar-refractivity contribution in [3.8, 4) is 0 Å². The summed E-state index contributed by atoms with van der Waals surface area (Å²) in [5.41, 5.74) is 0.709. The molecule has 0 saturated heterocycles. The molecule has 0 amide bonds. The van der Waals surface area contributed by atoms with Gasteiger partial charge in [-0.2, -0.15) is 0 Å². The third-order valence-electron chi connectivity index (χ3n) is 7.49. The molecule has 0 radical (unpaired) electrons. The Labute approximate surface area is 107 Å². The molecule has 96 valence electrons. The van der Waals surface area contributed by atoms with E-state index < -0.39 is 0 Å². The standard InChI is InChI=1S/C17H28/c1-17(2)15-6-5-13(16(17)10-15)9-14-8-11-3-4-12(14)7-11/h11-16H,3-10H2,1-2H3. The fourth-order valence-electron chi connectivity index (χ4n) is 6.30. The molecule has 5 fully saturated rings. The van der Waals surface area contributed by atoms with Crippen LogP contribution in [0.2, 0.25) is 0 Å². The van der Waals surface area contributed by atoms with Crippen LogP contribution < -0.4 is 0 Å². The lowest BCUT2D eigenvalue weighted by Gasteiger charge is -2.60. The highest BCUT2D eigenvalue weighted by molar-refractivity contribution is 5.04. The van der Waals surface area contributed by atoms with Gasteiger partial charge in [-0.1, -0.05) is 20.3 Å². The topological polar surface area (TPSA) is 0 Å². The van der Waals surface area contributed by atoms with Crippen LogP contribution in [0.5, 0.6) is 0 Å². The van der Waals surface area contributed by atoms with Crippen LogP contribution in [0.4, 0.5) is 0 Å². The van der Waals surface area contributed by atoms with Crippen molar-refractivity contribution in [3.05, 3.63) is 0 Å². The molecule has 0 heteroatoms. The quantitative estimate of drug-likeness (QED) is 0.636. The molecule has 5 aliphatic rings. The molecule has 5 saturated carbocycles. The predicted octanol–water partition coefficient (Wildman–Crippen LogP) is 4.89. The maximum Gasteiger partial charge on any atom is -0.0295 e. The number of hydrogen-bond donors (Lipinski definition) is 0. The van der Waals surface area contributed by atoms with Crippen molar-refractivity contribution in [3.63, 3.8) is 0 Å². The summed E-state index contributed by atoms with van der Waals surface area (Å²) in [5.74, 6) is 6.74. The molecule has 0 heterocycles. The van der Waals surface area contributed by atoms with Gasteiger partial charge >= 0.3 is 0 Å². The van der Waals surface area contributed by atoms with E-state index in [-0.39, 0.29) is 0 Å². The molecular formula is C17H28. The van der Waals surface area contributed by atoms with E-state index in [2.05, 4.69) is 13.8 Å². The largest absolute Gasteiger partial charge is 0.0594 e. The Hall–Kier alpha value is 0. The fourth-order valence-corrected chi connectivity index (χ4v) is 6.30. The molecule has 5 rings (SSSR count). The smallest absolute Gasteiger partial charge is 0.0295 e. The monoisotopic (exact) mass is 232 g/mol. The lowest BCUT2D eigenvalue weighted by Crippen LogP contribution is -2.52. The molecule has 0 aromatic rings. The van der Waals surface area contributed by atoms with E-state index in [1.165, 1.54) is 0 Å². The first kappa shape index (κ1) is 10.9. The maximum absolute atomic E-state index is 2.55. The van der Waals surface area contributed by atoms with Gasteiger partial charge in [-0.05, 0) is 85.9 Å². The van der Waals surface area contributed by atoms with Crippen LogP contribution in [0.15, 0.2) is 0 Å². The second-order valence-electron chi connectivity index (χ2n) is 8.37. The third kappa shape index (κ3) is 1.48. The van der Waals surface area contributed by atoms with E-state index in [1.807, 2.05) is 0 Å². The van der Waals surface area contributed by atoms with Crippen molar-refractivity contribution in [2.24, 2.45) is 40.9 Å². The summed E-state index contributed by atoms with van der Waals surface area (Å²) in [4.78, 5) is 0.